The van der Waals surface area contributed by atoms with Crippen LogP contribution >= 0.6 is 11.3 Å². The lowest BCUT2D eigenvalue weighted by Gasteiger charge is -2.41. The lowest BCUT2D eigenvalue weighted by atomic mass is 9.79. The normalized spacial score (nSPS) is 38.2. The molecule has 0 radical (unpaired) electrons. The van der Waals surface area contributed by atoms with Gasteiger partial charge in [-0.3, -0.25) is 10.1 Å². The number of hydrogen-bond acceptors (Lipinski definition) is 3. The Hall–Kier alpha value is -0.870. The first-order valence-electron chi connectivity index (χ1n) is 8.23. The number of carbonyl (C=O) groups excluding carboxylic acids is 1. The molecule has 21 heavy (non-hydrogen) atoms. The first-order chi connectivity index (χ1) is 10.1. The molecule has 1 spiro atoms. The molecule has 1 saturated heterocycles. The summed E-state index contributed by atoms with van der Waals surface area (Å²) >= 11 is 1.72. The van der Waals surface area contributed by atoms with E-state index in [1.54, 1.807) is 11.3 Å². The standard InChI is InChI=1S/C17H24N2OS/c1-11-3-4-14(12(2)9-11)19-15(13-5-8-21-10-13)18-17(6-7-17)16(19)20/h5,8,10-12,14-15,18H,3-4,6-7,9H2,1-2H3. The van der Waals surface area contributed by atoms with Crippen molar-refractivity contribution in [3.05, 3.63) is 22.4 Å². The van der Waals surface area contributed by atoms with E-state index in [0.29, 0.717) is 17.9 Å². The monoisotopic (exact) mass is 304 g/mol. The molecule has 114 valence electrons. The molecule has 3 nitrogen and oxygen atoms in total. The summed E-state index contributed by atoms with van der Waals surface area (Å²) in [7, 11) is 0. The number of amides is 1. The molecule has 3 fully saturated rings. The van der Waals surface area contributed by atoms with Crippen LogP contribution in [0.5, 0.6) is 0 Å². The fourth-order valence-corrected chi connectivity index (χ4v) is 5.00. The van der Waals surface area contributed by atoms with Crippen LogP contribution < -0.4 is 5.32 Å². The highest BCUT2D eigenvalue weighted by molar-refractivity contribution is 7.08. The first kappa shape index (κ1) is 13.8. The summed E-state index contributed by atoms with van der Waals surface area (Å²) in [6, 6.07) is 2.58. The molecule has 0 bridgehead atoms. The zero-order chi connectivity index (χ0) is 14.6. The Kier molecular flexibility index (Phi) is 3.16. The summed E-state index contributed by atoms with van der Waals surface area (Å²) in [6.45, 7) is 4.67. The smallest absolute Gasteiger partial charge is 0.244 e. The lowest BCUT2D eigenvalue weighted by Crippen LogP contribution is -2.46. The van der Waals surface area contributed by atoms with E-state index in [2.05, 4.69) is 40.9 Å². The van der Waals surface area contributed by atoms with Crippen molar-refractivity contribution in [1.82, 2.24) is 10.2 Å². The number of thiophene rings is 1. The molecule has 4 unspecified atom stereocenters. The second-order valence-electron chi connectivity index (χ2n) is 7.36. The Balaban J connectivity index is 1.65. The van der Waals surface area contributed by atoms with Gasteiger partial charge >= 0.3 is 0 Å². The van der Waals surface area contributed by atoms with Crippen LogP contribution in [-0.2, 0) is 4.79 Å². The van der Waals surface area contributed by atoms with Crippen molar-refractivity contribution in [2.75, 3.05) is 0 Å². The fourth-order valence-electron chi connectivity index (χ4n) is 4.32. The number of hydrogen-bond donors (Lipinski definition) is 1. The third kappa shape index (κ3) is 2.15. The summed E-state index contributed by atoms with van der Waals surface area (Å²) in [5.41, 5.74) is 1.05. The average Bonchev–Trinajstić information content (AvgIpc) is 2.92. The number of nitrogens with zero attached hydrogens (tertiary/aromatic N) is 1. The van der Waals surface area contributed by atoms with Gasteiger partial charge in [-0.1, -0.05) is 13.8 Å². The topological polar surface area (TPSA) is 32.3 Å². The summed E-state index contributed by atoms with van der Waals surface area (Å²) in [5.74, 6) is 1.77. The van der Waals surface area contributed by atoms with Gasteiger partial charge in [0.15, 0.2) is 0 Å². The number of rotatable bonds is 2. The third-order valence-electron chi connectivity index (χ3n) is 5.69. The van der Waals surface area contributed by atoms with E-state index in [9.17, 15) is 4.79 Å². The Bertz CT molecular complexity index is 537. The molecule has 3 aliphatic rings. The molecule has 0 aromatic carbocycles. The van der Waals surface area contributed by atoms with Crippen molar-refractivity contribution >= 4 is 17.2 Å². The maximum Gasteiger partial charge on any atom is 0.244 e. The summed E-state index contributed by atoms with van der Waals surface area (Å²) in [5, 5.41) is 7.96. The maximum absolute atomic E-state index is 13.0. The highest BCUT2D eigenvalue weighted by Crippen LogP contribution is 2.49. The molecule has 4 heteroatoms. The molecule has 1 aromatic heterocycles. The Morgan fingerprint density at radius 1 is 1.33 bits per heavy atom. The van der Waals surface area contributed by atoms with Crippen molar-refractivity contribution in [2.45, 2.75) is 63.7 Å². The molecule has 4 atom stereocenters. The zero-order valence-electron chi connectivity index (χ0n) is 12.8. The van der Waals surface area contributed by atoms with Gasteiger partial charge in [0.05, 0.1) is 0 Å². The minimum atomic E-state index is -0.213. The molecule has 2 saturated carbocycles. The number of carbonyl (C=O) groups is 1. The molecule has 1 aromatic rings. The van der Waals surface area contributed by atoms with Gasteiger partial charge in [-0.25, -0.2) is 0 Å². The number of nitrogens with one attached hydrogen (secondary N) is 1. The lowest BCUT2D eigenvalue weighted by molar-refractivity contribution is -0.135. The Morgan fingerprint density at radius 3 is 2.76 bits per heavy atom. The zero-order valence-corrected chi connectivity index (χ0v) is 13.7. The van der Waals surface area contributed by atoms with Gasteiger partial charge in [0.25, 0.3) is 0 Å². The average molecular weight is 304 g/mol. The second-order valence-corrected chi connectivity index (χ2v) is 8.14. The maximum atomic E-state index is 13.0. The van der Waals surface area contributed by atoms with Crippen LogP contribution in [0.25, 0.3) is 0 Å². The summed E-state index contributed by atoms with van der Waals surface area (Å²) in [4.78, 5) is 15.2. The van der Waals surface area contributed by atoms with Crippen LogP contribution in [0.2, 0.25) is 0 Å². The van der Waals surface area contributed by atoms with Crippen molar-refractivity contribution in [1.29, 1.82) is 0 Å². The van der Waals surface area contributed by atoms with E-state index < -0.39 is 0 Å². The quantitative estimate of drug-likeness (QED) is 0.906. The van der Waals surface area contributed by atoms with E-state index in [-0.39, 0.29) is 11.7 Å². The van der Waals surface area contributed by atoms with Gasteiger partial charge < -0.3 is 4.90 Å². The van der Waals surface area contributed by atoms with Gasteiger partial charge in [0.2, 0.25) is 5.91 Å². The van der Waals surface area contributed by atoms with Gasteiger partial charge in [0.1, 0.15) is 11.7 Å². The molecule has 2 heterocycles. The van der Waals surface area contributed by atoms with Crippen LogP contribution in [0.15, 0.2) is 16.8 Å². The third-order valence-corrected chi connectivity index (χ3v) is 6.39. The molecular weight excluding hydrogens is 280 g/mol. The predicted octanol–water partition coefficient (Wildman–Crippen LogP) is 3.54. The largest absolute Gasteiger partial charge is 0.318 e. The SMILES string of the molecule is CC1CCC(N2C(=O)C3(CC3)NC2c2ccsc2)C(C)C1. The molecule has 4 rings (SSSR count). The van der Waals surface area contributed by atoms with Gasteiger partial charge in [-0.05, 0) is 66.3 Å². The fraction of sp³-hybridized carbons (Fsp3) is 0.706. The van der Waals surface area contributed by atoms with Crippen LogP contribution in [0.4, 0.5) is 0 Å². The minimum absolute atomic E-state index is 0.104. The van der Waals surface area contributed by atoms with E-state index in [0.717, 1.165) is 25.2 Å². The van der Waals surface area contributed by atoms with E-state index in [4.69, 9.17) is 0 Å². The van der Waals surface area contributed by atoms with Crippen LogP contribution in [0.3, 0.4) is 0 Å². The molecule has 1 N–H and O–H groups in total. The highest BCUT2D eigenvalue weighted by atomic mass is 32.1. The molecule has 2 aliphatic carbocycles. The molecule has 1 amide bonds. The van der Waals surface area contributed by atoms with E-state index in [1.807, 2.05) is 0 Å². The van der Waals surface area contributed by atoms with Crippen molar-refractivity contribution < 1.29 is 4.79 Å². The highest BCUT2D eigenvalue weighted by Gasteiger charge is 2.61. The summed E-state index contributed by atoms with van der Waals surface area (Å²) < 4.78 is 0. The second kappa shape index (κ2) is 4.82. The van der Waals surface area contributed by atoms with Gasteiger partial charge in [-0.15, -0.1) is 0 Å². The molecule has 1 aliphatic heterocycles. The minimum Gasteiger partial charge on any atom is -0.318 e. The van der Waals surface area contributed by atoms with E-state index in [1.165, 1.54) is 18.4 Å². The van der Waals surface area contributed by atoms with Crippen molar-refractivity contribution in [3.8, 4) is 0 Å². The Morgan fingerprint density at radius 2 is 2.14 bits per heavy atom. The van der Waals surface area contributed by atoms with Crippen LogP contribution in [-0.4, -0.2) is 22.4 Å². The van der Waals surface area contributed by atoms with Crippen molar-refractivity contribution in [3.63, 3.8) is 0 Å². The molecular formula is C17H24N2OS. The van der Waals surface area contributed by atoms with Crippen molar-refractivity contribution in [2.24, 2.45) is 11.8 Å². The van der Waals surface area contributed by atoms with Crippen LogP contribution in [0.1, 0.15) is 57.7 Å². The summed E-state index contributed by atoms with van der Waals surface area (Å²) in [6.07, 6.45) is 5.79. The first-order valence-corrected chi connectivity index (χ1v) is 9.17. The van der Waals surface area contributed by atoms with Gasteiger partial charge in [-0.2, -0.15) is 11.3 Å². The predicted molar refractivity (Wildman–Crippen MR) is 85.0 cm³/mol. The van der Waals surface area contributed by atoms with Crippen LogP contribution in [0, 0.1) is 11.8 Å². The Labute approximate surface area is 130 Å². The van der Waals surface area contributed by atoms with Gasteiger partial charge in [0, 0.05) is 6.04 Å². The van der Waals surface area contributed by atoms with E-state index >= 15 is 0 Å².